The Labute approximate surface area is 247 Å². The van der Waals surface area contributed by atoms with Crippen LogP contribution < -0.4 is 0 Å². The molecule has 0 aromatic heterocycles. The minimum atomic E-state index is -6.31. The Kier molecular flexibility index (Phi) is 7.70. The third kappa shape index (κ3) is 4.55. The highest BCUT2D eigenvalue weighted by Crippen LogP contribution is 2.57. The minimum Gasteiger partial charge on any atom is -0.337 e. The van der Waals surface area contributed by atoms with Gasteiger partial charge in [0.2, 0.25) is 5.91 Å². The maximum atomic E-state index is 15.0. The highest BCUT2D eigenvalue weighted by molar-refractivity contribution is 7.99. The first-order valence-corrected chi connectivity index (χ1v) is 16.3. The smallest absolute Gasteiger partial charge is 0.337 e. The van der Waals surface area contributed by atoms with E-state index >= 15 is 0 Å². The second kappa shape index (κ2) is 10.3. The zero-order valence-corrected chi connectivity index (χ0v) is 24.7. The molecule has 230 valence electrons. The molecule has 5 rings (SSSR count). The van der Waals surface area contributed by atoms with Crippen LogP contribution >= 0.6 is 23.4 Å². The lowest BCUT2D eigenvalue weighted by Gasteiger charge is -2.45. The maximum absolute atomic E-state index is 15.0. The quantitative estimate of drug-likeness (QED) is 0.322. The Hall–Kier alpha value is -1.99. The van der Waals surface area contributed by atoms with Gasteiger partial charge in [-0.3, -0.25) is 4.79 Å². The second-order valence-electron chi connectivity index (χ2n) is 11.3. The summed E-state index contributed by atoms with van der Waals surface area (Å²) in [5, 5.41) is 0.251. The van der Waals surface area contributed by atoms with Crippen molar-refractivity contribution in [1.29, 1.82) is 0 Å². The van der Waals surface area contributed by atoms with Crippen LogP contribution in [0, 0.1) is 5.41 Å². The van der Waals surface area contributed by atoms with E-state index in [1.54, 1.807) is 11.8 Å². The van der Waals surface area contributed by atoms with Gasteiger partial charge >= 0.3 is 18.0 Å². The molecule has 3 aliphatic rings. The van der Waals surface area contributed by atoms with E-state index in [-0.39, 0.29) is 52.8 Å². The van der Waals surface area contributed by atoms with Gasteiger partial charge in [-0.1, -0.05) is 36.7 Å². The molecule has 0 N–H and O–H groups in total. The first-order valence-electron chi connectivity index (χ1n) is 13.3. The molecule has 42 heavy (non-hydrogen) atoms. The molecular weight excluding hydrogens is 631 g/mol. The van der Waals surface area contributed by atoms with Gasteiger partial charge in [0, 0.05) is 22.5 Å². The number of hydrogen-bond donors (Lipinski definition) is 0. The summed E-state index contributed by atoms with van der Waals surface area (Å²) >= 11 is 7.68. The number of hydrogen-bond acceptors (Lipinski definition) is 4. The molecule has 2 atom stereocenters. The number of amides is 1. The predicted molar refractivity (Wildman–Crippen MR) is 145 cm³/mol. The number of carbonyl (C=O) groups is 1. The van der Waals surface area contributed by atoms with Gasteiger partial charge in [-0.05, 0) is 79.0 Å². The Balaban J connectivity index is 1.69. The Morgan fingerprint density at radius 1 is 0.952 bits per heavy atom. The number of alkyl halides is 7. The van der Waals surface area contributed by atoms with Crippen molar-refractivity contribution in [3.63, 3.8) is 0 Å². The number of sulfone groups is 1. The molecule has 1 amide bonds. The van der Waals surface area contributed by atoms with Crippen LogP contribution in [0.5, 0.6) is 0 Å². The second-order valence-corrected chi connectivity index (χ2v) is 15.2. The average molecular weight is 658 g/mol. The van der Waals surface area contributed by atoms with Crippen LogP contribution in [0.4, 0.5) is 30.7 Å². The average Bonchev–Trinajstić information content (AvgIpc) is 3.33. The number of thioether (sulfide) groups is 1. The molecule has 14 heteroatoms. The summed E-state index contributed by atoms with van der Waals surface area (Å²) in [6.07, 6.45) is -11.8. The third-order valence-corrected chi connectivity index (χ3v) is 12.8. The Morgan fingerprint density at radius 2 is 1.55 bits per heavy atom. The number of carbonyl (C=O) groups excluding carboxylic acids is 1. The molecule has 0 spiro atoms. The maximum Gasteiger partial charge on any atom is 0.435 e. The number of nitrogens with zero attached hydrogens (tertiary/aromatic N) is 1. The normalized spacial score (nSPS) is 24.7. The fourth-order valence-corrected chi connectivity index (χ4v) is 10.6. The van der Waals surface area contributed by atoms with Crippen molar-refractivity contribution in [2.24, 2.45) is 5.41 Å². The van der Waals surface area contributed by atoms with Crippen molar-refractivity contribution in [1.82, 2.24) is 4.90 Å². The lowest BCUT2D eigenvalue weighted by Crippen LogP contribution is -2.55. The predicted octanol–water partition coefficient (Wildman–Crippen LogP) is 7.38. The summed E-state index contributed by atoms with van der Waals surface area (Å²) < 4.78 is 123. The van der Waals surface area contributed by atoms with Crippen molar-refractivity contribution < 1.29 is 43.9 Å². The molecule has 1 aliphatic carbocycles. The van der Waals surface area contributed by atoms with Gasteiger partial charge in [0.1, 0.15) is 4.75 Å². The van der Waals surface area contributed by atoms with Gasteiger partial charge in [0.15, 0.2) is 9.84 Å². The van der Waals surface area contributed by atoms with Crippen LogP contribution in [0.3, 0.4) is 0 Å². The van der Waals surface area contributed by atoms with Crippen LogP contribution in [0.2, 0.25) is 5.02 Å². The molecular formula is C28H27ClF7NO3S2. The van der Waals surface area contributed by atoms with Crippen molar-refractivity contribution in [2.75, 3.05) is 18.1 Å². The summed E-state index contributed by atoms with van der Waals surface area (Å²) in [5.74, 6) is 1.28. The highest BCUT2D eigenvalue weighted by atomic mass is 35.5. The number of rotatable bonds is 4. The monoisotopic (exact) mass is 657 g/mol. The molecule has 2 heterocycles. The lowest BCUT2D eigenvalue weighted by atomic mass is 9.76. The lowest BCUT2D eigenvalue weighted by molar-refractivity contribution is -0.348. The molecule has 0 saturated carbocycles. The molecule has 0 bridgehead atoms. The number of likely N-dealkylation sites (tertiary alicyclic amines) is 1. The van der Waals surface area contributed by atoms with Crippen LogP contribution in [0.25, 0.3) is 0 Å². The van der Waals surface area contributed by atoms with Crippen molar-refractivity contribution in [3.8, 4) is 0 Å². The highest BCUT2D eigenvalue weighted by Gasteiger charge is 2.74. The summed E-state index contributed by atoms with van der Waals surface area (Å²) in [6, 6.07) is 6.04. The summed E-state index contributed by atoms with van der Waals surface area (Å²) in [7, 11) is -4.41. The number of aryl methyl sites for hydroxylation is 1. The molecule has 4 nitrogen and oxygen atoms in total. The third-order valence-electron chi connectivity index (χ3n) is 9.04. The molecule has 2 aromatic rings. The largest absolute Gasteiger partial charge is 0.435 e. The molecule has 2 aliphatic heterocycles. The summed E-state index contributed by atoms with van der Waals surface area (Å²) in [4.78, 5) is 15.3. The molecule has 2 unspecified atom stereocenters. The van der Waals surface area contributed by atoms with Crippen LogP contribution in [0.15, 0.2) is 47.4 Å². The van der Waals surface area contributed by atoms with E-state index in [4.69, 9.17) is 11.6 Å². The number of benzene rings is 2. The molecule has 0 radical (unpaired) electrons. The van der Waals surface area contributed by atoms with Crippen LogP contribution in [0.1, 0.15) is 49.3 Å². The molecule has 2 aromatic carbocycles. The Morgan fingerprint density at radius 3 is 2.12 bits per heavy atom. The fraction of sp³-hybridized carbons (Fsp3) is 0.536. The van der Waals surface area contributed by atoms with Gasteiger partial charge in [-0.25, -0.2) is 12.8 Å². The first kappa shape index (κ1) is 31.4. The fourth-order valence-electron chi connectivity index (χ4n) is 6.68. The van der Waals surface area contributed by atoms with Crippen LogP contribution in [-0.2, 0) is 31.5 Å². The zero-order valence-electron chi connectivity index (χ0n) is 22.3. The van der Waals surface area contributed by atoms with Crippen molar-refractivity contribution in [2.45, 2.75) is 72.7 Å². The van der Waals surface area contributed by atoms with Gasteiger partial charge < -0.3 is 4.90 Å². The first-order chi connectivity index (χ1) is 19.4. The van der Waals surface area contributed by atoms with E-state index in [1.807, 2.05) is 6.92 Å². The Bertz CT molecular complexity index is 1470. The van der Waals surface area contributed by atoms with E-state index in [9.17, 15) is 43.9 Å². The van der Waals surface area contributed by atoms with E-state index in [0.717, 1.165) is 17.6 Å². The molecule has 2 fully saturated rings. The van der Waals surface area contributed by atoms with Crippen molar-refractivity contribution in [3.05, 3.63) is 64.2 Å². The summed E-state index contributed by atoms with van der Waals surface area (Å²) in [6.45, 7) is 1.86. The zero-order chi connectivity index (χ0) is 30.9. The van der Waals surface area contributed by atoms with E-state index in [2.05, 4.69) is 0 Å². The number of fused-ring (bicyclic) bond motifs is 3. The SMILES string of the molecule is CC1(C(=O)N2CCC3(S(=O)(=O)c4ccc(Cl)cc4)c4ccc(C(F)(C(F)(F)F)C(F)(F)F)cc4CCC23)CCSCC1. The van der Waals surface area contributed by atoms with Gasteiger partial charge in [0.25, 0.3) is 0 Å². The summed E-state index contributed by atoms with van der Waals surface area (Å²) in [5.41, 5.74) is -8.21. The van der Waals surface area contributed by atoms with Crippen LogP contribution in [-0.4, -0.2) is 55.7 Å². The van der Waals surface area contributed by atoms with Gasteiger partial charge in [-0.2, -0.15) is 38.1 Å². The van der Waals surface area contributed by atoms with Crippen molar-refractivity contribution >= 4 is 39.1 Å². The topological polar surface area (TPSA) is 54.5 Å². The number of halogens is 8. The van der Waals surface area contributed by atoms with E-state index in [1.165, 1.54) is 29.2 Å². The van der Waals surface area contributed by atoms with Gasteiger partial charge in [-0.15, -0.1) is 0 Å². The van der Waals surface area contributed by atoms with Gasteiger partial charge in [0.05, 0.1) is 10.9 Å². The van der Waals surface area contributed by atoms with E-state index < -0.39 is 49.6 Å². The standard InChI is InChI=1S/C28H27ClF7NO3S2/c1-24(11-14-41-15-12-24)23(38)37-13-10-25(42(39,40)20-6-4-19(29)5-7-20)21-8-3-18(16-17(21)2-9-22(25)37)26(30,27(31,32)33)28(34,35)36/h3-8,16,22H,2,9-15H2,1H3. The van der Waals surface area contributed by atoms with E-state index in [0.29, 0.717) is 25.0 Å². The molecule has 2 saturated heterocycles. The minimum absolute atomic E-state index is 0.0243.